The molecule has 92 valence electrons. The number of hydrogen-bond donors (Lipinski definition) is 1. The summed E-state index contributed by atoms with van der Waals surface area (Å²) in [6, 6.07) is 0.615. The number of nitrogens with one attached hydrogen (secondary N) is 1. The van der Waals surface area contributed by atoms with Crippen molar-refractivity contribution < 1.29 is 4.79 Å². The van der Waals surface area contributed by atoms with Crippen molar-refractivity contribution >= 4 is 5.91 Å². The lowest BCUT2D eigenvalue weighted by Crippen LogP contribution is -2.48. The topological polar surface area (TPSA) is 32.3 Å². The Balaban J connectivity index is 2.00. The van der Waals surface area contributed by atoms with Crippen molar-refractivity contribution in [3.63, 3.8) is 0 Å². The van der Waals surface area contributed by atoms with Crippen molar-refractivity contribution in [2.24, 2.45) is 0 Å². The summed E-state index contributed by atoms with van der Waals surface area (Å²) in [5.41, 5.74) is 0. The fourth-order valence-electron chi connectivity index (χ4n) is 2.99. The van der Waals surface area contributed by atoms with Gasteiger partial charge in [-0.15, -0.1) is 0 Å². The van der Waals surface area contributed by atoms with E-state index in [1.54, 1.807) is 0 Å². The van der Waals surface area contributed by atoms with E-state index in [-0.39, 0.29) is 6.04 Å². The quantitative estimate of drug-likeness (QED) is 0.777. The van der Waals surface area contributed by atoms with E-state index in [9.17, 15) is 4.79 Å². The molecule has 0 aromatic carbocycles. The lowest BCUT2D eigenvalue weighted by molar-refractivity contribution is -0.135. The molecule has 16 heavy (non-hydrogen) atoms. The van der Waals surface area contributed by atoms with Crippen molar-refractivity contribution in [1.29, 1.82) is 0 Å². The third-order valence-corrected chi connectivity index (χ3v) is 3.99. The van der Waals surface area contributed by atoms with Crippen LogP contribution in [0.1, 0.15) is 51.9 Å². The van der Waals surface area contributed by atoms with Gasteiger partial charge >= 0.3 is 0 Å². The van der Waals surface area contributed by atoms with Gasteiger partial charge in [-0.2, -0.15) is 0 Å². The Labute approximate surface area is 98.6 Å². The van der Waals surface area contributed by atoms with E-state index in [2.05, 4.69) is 17.1 Å². The Morgan fingerprint density at radius 2 is 2.12 bits per heavy atom. The van der Waals surface area contributed by atoms with Gasteiger partial charge in [0.2, 0.25) is 5.91 Å². The summed E-state index contributed by atoms with van der Waals surface area (Å²) in [4.78, 5) is 14.5. The number of rotatable bonds is 2. The van der Waals surface area contributed by atoms with Gasteiger partial charge in [0.25, 0.3) is 0 Å². The van der Waals surface area contributed by atoms with E-state index in [4.69, 9.17) is 0 Å². The van der Waals surface area contributed by atoms with Crippen molar-refractivity contribution in [3.8, 4) is 0 Å². The van der Waals surface area contributed by atoms with Crippen LogP contribution in [0, 0.1) is 0 Å². The van der Waals surface area contributed by atoms with Gasteiger partial charge in [-0.3, -0.25) is 4.79 Å². The number of carbonyl (C=O) groups is 1. The molecule has 3 nitrogen and oxygen atoms in total. The highest BCUT2D eigenvalue weighted by Gasteiger charge is 2.30. The molecule has 0 spiro atoms. The second-order valence-electron chi connectivity index (χ2n) is 5.09. The standard InChI is InChI=1S/C13H24N2O/c1-2-11-7-4-3-5-10-15(11)13(16)12-8-6-9-14-12/h11-12,14H,2-10H2,1H3. The second-order valence-corrected chi connectivity index (χ2v) is 5.09. The number of carbonyl (C=O) groups excluding carboxylic acids is 1. The van der Waals surface area contributed by atoms with Gasteiger partial charge in [0, 0.05) is 12.6 Å². The van der Waals surface area contributed by atoms with E-state index in [1.165, 1.54) is 25.7 Å². The minimum atomic E-state index is 0.118. The molecule has 2 unspecified atom stereocenters. The lowest BCUT2D eigenvalue weighted by Gasteiger charge is -2.31. The van der Waals surface area contributed by atoms with Gasteiger partial charge in [-0.05, 0) is 38.6 Å². The third-order valence-electron chi connectivity index (χ3n) is 3.99. The molecule has 0 radical (unpaired) electrons. The zero-order valence-electron chi connectivity index (χ0n) is 10.4. The Hall–Kier alpha value is -0.570. The van der Waals surface area contributed by atoms with Crippen molar-refractivity contribution in [3.05, 3.63) is 0 Å². The van der Waals surface area contributed by atoms with Crippen LogP contribution < -0.4 is 5.32 Å². The van der Waals surface area contributed by atoms with Crippen LogP contribution in [0.3, 0.4) is 0 Å². The van der Waals surface area contributed by atoms with E-state index in [0.717, 1.165) is 32.4 Å². The first-order valence-electron chi connectivity index (χ1n) is 6.86. The molecule has 2 heterocycles. The Morgan fingerprint density at radius 1 is 1.25 bits per heavy atom. The molecule has 2 aliphatic heterocycles. The predicted octanol–water partition coefficient (Wildman–Crippen LogP) is 1.92. The molecule has 0 aromatic heterocycles. The number of likely N-dealkylation sites (tertiary alicyclic amines) is 1. The van der Waals surface area contributed by atoms with Crippen molar-refractivity contribution in [2.45, 2.75) is 64.0 Å². The van der Waals surface area contributed by atoms with Gasteiger partial charge in [-0.1, -0.05) is 19.8 Å². The molecule has 2 rings (SSSR count). The van der Waals surface area contributed by atoms with E-state index in [0.29, 0.717) is 11.9 Å². The molecule has 2 fully saturated rings. The molecular weight excluding hydrogens is 200 g/mol. The highest BCUT2D eigenvalue weighted by molar-refractivity contribution is 5.82. The molecule has 0 bridgehead atoms. The summed E-state index contributed by atoms with van der Waals surface area (Å²) < 4.78 is 0. The zero-order chi connectivity index (χ0) is 11.4. The second kappa shape index (κ2) is 5.67. The first kappa shape index (κ1) is 11.9. The van der Waals surface area contributed by atoms with Gasteiger partial charge < -0.3 is 10.2 Å². The highest BCUT2D eigenvalue weighted by atomic mass is 16.2. The summed E-state index contributed by atoms with van der Waals surface area (Å²) >= 11 is 0. The monoisotopic (exact) mass is 224 g/mol. The summed E-state index contributed by atoms with van der Waals surface area (Å²) in [6.07, 6.45) is 8.27. The molecule has 0 saturated carbocycles. The molecule has 2 aliphatic rings. The van der Waals surface area contributed by atoms with Crippen LogP contribution in [-0.2, 0) is 4.79 Å². The average Bonchev–Trinajstić information content (AvgIpc) is 2.73. The van der Waals surface area contributed by atoms with Crippen LogP contribution in [0.4, 0.5) is 0 Å². The van der Waals surface area contributed by atoms with Crippen LogP contribution in [-0.4, -0.2) is 36.0 Å². The molecule has 3 heteroatoms. The molecule has 1 amide bonds. The minimum Gasteiger partial charge on any atom is -0.338 e. The first-order chi connectivity index (χ1) is 7.83. The molecular formula is C13H24N2O. The van der Waals surface area contributed by atoms with Gasteiger partial charge in [0.15, 0.2) is 0 Å². The highest BCUT2D eigenvalue weighted by Crippen LogP contribution is 2.21. The molecule has 0 aromatic rings. The molecule has 2 saturated heterocycles. The maximum Gasteiger partial charge on any atom is 0.239 e. The van der Waals surface area contributed by atoms with Crippen molar-refractivity contribution in [1.82, 2.24) is 10.2 Å². The Bertz CT molecular complexity index is 236. The largest absolute Gasteiger partial charge is 0.338 e. The predicted molar refractivity (Wildman–Crippen MR) is 65.3 cm³/mol. The first-order valence-corrected chi connectivity index (χ1v) is 6.86. The van der Waals surface area contributed by atoms with Crippen LogP contribution in [0.25, 0.3) is 0 Å². The average molecular weight is 224 g/mol. The van der Waals surface area contributed by atoms with Crippen LogP contribution in [0.5, 0.6) is 0 Å². The van der Waals surface area contributed by atoms with Crippen LogP contribution >= 0.6 is 0 Å². The molecule has 0 aliphatic carbocycles. The molecule has 2 atom stereocenters. The smallest absolute Gasteiger partial charge is 0.239 e. The third kappa shape index (κ3) is 2.57. The summed E-state index contributed by atoms with van der Waals surface area (Å²) in [5, 5.41) is 3.33. The van der Waals surface area contributed by atoms with E-state index >= 15 is 0 Å². The normalized spacial score (nSPS) is 31.4. The fourth-order valence-corrected chi connectivity index (χ4v) is 2.99. The zero-order valence-corrected chi connectivity index (χ0v) is 10.4. The SMILES string of the molecule is CCC1CCCCCN1C(=O)C1CCCN1. The van der Waals surface area contributed by atoms with Crippen LogP contribution in [0.15, 0.2) is 0 Å². The van der Waals surface area contributed by atoms with Gasteiger partial charge in [0.1, 0.15) is 0 Å². The Kier molecular flexibility index (Phi) is 4.22. The lowest BCUT2D eigenvalue weighted by atomic mass is 10.1. The van der Waals surface area contributed by atoms with Crippen molar-refractivity contribution in [2.75, 3.05) is 13.1 Å². The van der Waals surface area contributed by atoms with Gasteiger partial charge in [-0.25, -0.2) is 0 Å². The minimum absolute atomic E-state index is 0.118. The maximum absolute atomic E-state index is 12.4. The van der Waals surface area contributed by atoms with Gasteiger partial charge in [0.05, 0.1) is 6.04 Å². The summed E-state index contributed by atoms with van der Waals surface area (Å²) in [6.45, 7) is 4.20. The summed E-state index contributed by atoms with van der Waals surface area (Å²) in [7, 11) is 0. The maximum atomic E-state index is 12.4. The fraction of sp³-hybridized carbons (Fsp3) is 0.923. The number of amides is 1. The van der Waals surface area contributed by atoms with E-state index in [1.807, 2.05) is 0 Å². The number of nitrogens with zero attached hydrogens (tertiary/aromatic N) is 1. The summed E-state index contributed by atoms with van der Waals surface area (Å²) in [5.74, 6) is 0.367. The van der Waals surface area contributed by atoms with Crippen LogP contribution in [0.2, 0.25) is 0 Å². The Morgan fingerprint density at radius 3 is 2.81 bits per heavy atom. The van der Waals surface area contributed by atoms with E-state index < -0.39 is 0 Å². The molecule has 1 N–H and O–H groups in total. The number of hydrogen-bond acceptors (Lipinski definition) is 2.